The predicted molar refractivity (Wildman–Crippen MR) is 282 cm³/mol. The molecule has 6 N–H and O–H groups in total. The first-order valence-corrected chi connectivity index (χ1v) is 25.9. The number of carbonyl (C=O) groups is 1. The van der Waals surface area contributed by atoms with Gasteiger partial charge in [-0.05, 0) is 35.4 Å². The number of pyridine rings is 2. The molecule has 4 atom stereocenters. The molecule has 2 saturated heterocycles. The van der Waals surface area contributed by atoms with E-state index in [1.807, 2.05) is 97.3 Å². The van der Waals surface area contributed by atoms with Crippen LogP contribution >= 0.6 is 22.7 Å². The maximum absolute atomic E-state index is 14.0. The highest BCUT2D eigenvalue weighted by atomic mass is 32.1. The fraction of sp³-hybridized carbons (Fsp3) is 0.340. The van der Waals surface area contributed by atoms with Crippen LogP contribution in [0.2, 0.25) is 0 Å². The monoisotopic (exact) mass is 1010 g/mol. The molecule has 2 aromatic carbocycles. The van der Waals surface area contributed by atoms with Crippen LogP contribution in [0.3, 0.4) is 0 Å². The summed E-state index contributed by atoms with van der Waals surface area (Å²) < 4.78 is 1.82. The lowest BCUT2D eigenvalue weighted by atomic mass is 10.0. The second-order valence-corrected chi connectivity index (χ2v) is 20.3. The Morgan fingerprint density at radius 1 is 0.514 bits per heavy atom. The van der Waals surface area contributed by atoms with Crippen molar-refractivity contribution in [2.75, 3.05) is 89.4 Å². The zero-order chi connectivity index (χ0) is 49.4. The molecule has 19 heteroatoms. The van der Waals surface area contributed by atoms with E-state index in [4.69, 9.17) is 9.97 Å². The van der Waals surface area contributed by atoms with Crippen molar-refractivity contribution in [3.8, 4) is 20.9 Å². The molecule has 17 nitrogen and oxygen atoms in total. The van der Waals surface area contributed by atoms with Crippen LogP contribution in [0.5, 0.6) is 0 Å². The number of benzene rings is 2. The van der Waals surface area contributed by atoms with E-state index in [1.54, 1.807) is 22.7 Å². The summed E-state index contributed by atoms with van der Waals surface area (Å²) in [5.41, 5.74) is 7.43. The van der Waals surface area contributed by atoms with Crippen molar-refractivity contribution in [3.63, 3.8) is 0 Å². The van der Waals surface area contributed by atoms with Gasteiger partial charge in [0.2, 0.25) is 0 Å². The number of thiophene rings is 2. The lowest BCUT2D eigenvalue weighted by molar-refractivity contribution is -0.134. The number of nitrogens with zero attached hydrogens (tertiary/aromatic N) is 10. The van der Waals surface area contributed by atoms with Crippen molar-refractivity contribution in [2.24, 2.45) is 0 Å². The Kier molecular flexibility index (Phi) is 15.8. The normalized spacial score (nSPS) is 16.9. The molecule has 4 unspecified atom stereocenters. The number of fused-ring (bicyclic) bond motifs is 2. The van der Waals surface area contributed by atoms with Crippen LogP contribution in [-0.4, -0.2) is 167 Å². The number of anilines is 2. The fourth-order valence-electron chi connectivity index (χ4n) is 9.61. The average Bonchev–Trinajstić information content (AvgIpc) is 4.08. The number of nitrogens with one attached hydrogen (secondary N) is 2. The zero-order valence-electron chi connectivity index (χ0n) is 39.7. The van der Waals surface area contributed by atoms with Gasteiger partial charge in [0, 0.05) is 98.7 Å². The number of ketones is 1. The van der Waals surface area contributed by atoms with E-state index >= 15 is 0 Å². The first-order chi connectivity index (χ1) is 35.4. The summed E-state index contributed by atoms with van der Waals surface area (Å²) in [5.74, 6) is 1.21. The molecular formula is C53H58N12O5S2. The summed E-state index contributed by atoms with van der Waals surface area (Å²) in [6.07, 6.45) is 6.86. The molecule has 6 aromatic heterocycles. The second kappa shape index (κ2) is 23.1. The Balaban J connectivity index is 0.689. The Morgan fingerprint density at radius 2 is 0.931 bits per heavy atom. The highest BCUT2D eigenvalue weighted by Gasteiger charge is 2.37. The molecule has 0 bridgehead atoms. The molecule has 0 aliphatic carbocycles. The molecule has 2 aliphatic rings. The Hall–Kier alpha value is -6.23. The molecule has 2 aliphatic heterocycles. The lowest BCUT2D eigenvalue weighted by Gasteiger charge is -2.42. The minimum atomic E-state index is -0.695. The summed E-state index contributed by atoms with van der Waals surface area (Å²) in [5, 5.41) is 48.2. The van der Waals surface area contributed by atoms with Crippen molar-refractivity contribution in [2.45, 2.75) is 37.3 Å². The standard InChI is InChI=1S/C53H58N12O5S2/c66-29-43(35-7-3-1-4-8-35)60-52-50-41(56-33-58-52)23-47(71-50)37-11-13-39(54-25-37)27-62-15-19-64(20-16-62)45(31-68)49(70)46(32-69)65-21-17-63(18-22-65)28-40-14-12-38(26-55-40)48-24-42-51(72-48)53(59-34-57-42)61-44(30-67)36-9-5-2-6-10-36/h1-14,23-26,33-34,43-46,66-69H,15-22,27-32H2,(H,56,58,60)(H,57,59,61). The third-order valence-electron chi connectivity index (χ3n) is 13.7. The molecule has 0 radical (unpaired) electrons. The molecule has 0 saturated carbocycles. The van der Waals surface area contributed by atoms with Crippen LogP contribution in [-0.2, 0) is 17.9 Å². The van der Waals surface area contributed by atoms with Crippen LogP contribution in [0.4, 0.5) is 11.6 Å². The number of carbonyl (C=O) groups excluding carboxylic acids is 1. The number of rotatable bonds is 20. The number of piperazine rings is 2. The van der Waals surface area contributed by atoms with Crippen molar-refractivity contribution in [1.82, 2.24) is 49.5 Å². The molecule has 0 amide bonds. The van der Waals surface area contributed by atoms with Gasteiger partial charge < -0.3 is 31.1 Å². The van der Waals surface area contributed by atoms with Crippen molar-refractivity contribution in [1.29, 1.82) is 0 Å². The molecule has 8 aromatic rings. The molecule has 8 heterocycles. The van der Waals surface area contributed by atoms with Gasteiger partial charge in [-0.15, -0.1) is 22.7 Å². The van der Waals surface area contributed by atoms with Gasteiger partial charge in [0.05, 0.1) is 82.4 Å². The number of Topliss-reactive ketones (excluding diaryl/α,β-unsaturated/α-hetero) is 1. The summed E-state index contributed by atoms with van der Waals surface area (Å²) in [6, 6.07) is 30.0. The fourth-order valence-corrected chi connectivity index (χ4v) is 11.7. The van der Waals surface area contributed by atoms with Gasteiger partial charge in [-0.1, -0.05) is 72.8 Å². The number of aromatic nitrogens is 6. The van der Waals surface area contributed by atoms with Gasteiger partial charge in [0.1, 0.15) is 24.3 Å². The van der Waals surface area contributed by atoms with Crippen LogP contribution < -0.4 is 10.6 Å². The summed E-state index contributed by atoms with van der Waals surface area (Å²) >= 11 is 3.17. The van der Waals surface area contributed by atoms with Crippen LogP contribution in [0.25, 0.3) is 41.3 Å². The third-order valence-corrected chi connectivity index (χ3v) is 16.1. The van der Waals surface area contributed by atoms with Gasteiger partial charge >= 0.3 is 0 Å². The average molecular weight is 1010 g/mol. The van der Waals surface area contributed by atoms with Gasteiger partial charge in [0.25, 0.3) is 0 Å². The largest absolute Gasteiger partial charge is 0.394 e. The summed E-state index contributed by atoms with van der Waals surface area (Å²) in [4.78, 5) is 52.5. The van der Waals surface area contributed by atoms with Crippen molar-refractivity contribution >= 4 is 60.5 Å². The predicted octanol–water partition coefficient (Wildman–Crippen LogP) is 5.34. The Morgan fingerprint density at radius 3 is 1.29 bits per heavy atom. The topological polar surface area (TPSA) is 212 Å². The number of aliphatic hydroxyl groups is 4. The van der Waals surface area contributed by atoms with Gasteiger partial charge in [-0.25, -0.2) is 19.9 Å². The molecule has 372 valence electrons. The smallest absolute Gasteiger partial charge is 0.171 e. The SMILES string of the molecule is O=C(C(CO)N1CCN(Cc2ccc(-c3cc4ncnc(NC(CO)c5ccccc5)c4s3)cn2)CC1)C(CO)N1CCN(Cc2ccc(-c3cc4ncnc(NC(CO)c5ccccc5)c4s3)cn2)CC1. The number of hydrogen-bond acceptors (Lipinski definition) is 19. The second-order valence-electron chi connectivity index (χ2n) is 18.2. The third kappa shape index (κ3) is 11.2. The van der Waals surface area contributed by atoms with E-state index in [1.165, 1.54) is 12.7 Å². The molecule has 0 spiro atoms. The highest BCUT2D eigenvalue weighted by Crippen LogP contribution is 2.38. The molecular weight excluding hydrogens is 949 g/mol. The number of hydrogen-bond donors (Lipinski definition) is 6. The summed E-state index contributed by atoms with van der Waals surface area (Å²) in [7, 11) is 0. The van der Waals surface area contributed by atoms with E-state index in [9.17, 15) is 25.2 Å². The molecule has 10 rings (SSSR count). The molecule has 2 fully saturated rings. The Bertz CT molecular complexity index is 2820. The summed E-state index contributed by atoms with van der Waals surface area (Å²) in [6.45, 7) is 5.87. The minimum absolute atomic E-state index is 0.0752. The van der Waals surface area contributed by atoms with Crippen LogP contribution in [0.15, 0.2) is 122 Å². The van der Waals surface area contributed by atoms with E-state index < -0.39 is 12.1 Å². The highest BCUT2D eigenvalue weighted by molar-refractivity contribution is 7.23. The number of aliphatic hydroxyl groups excluding tert-OH is 4. The van der Waals surface area contributed by atoms with Gasteiger partial charge in [-0.3, -0.25) is 34.4 Å². The van der Waals surface area contributed by atoms with E-state index in [-0.39, 0.29) is 44.3 Å². The quantitative estimate of drug-likeness (QED) is 0.0569. The minimum Gasteiger partial charge on any atom is -0.394 e. The first-order valence-electron chi connectivity index (χ1n) is 24.3. The van der Waals surface area contributed by atoms with Crippen LogP contribution in [0.1, 0.15) is 34.6 Å². The molecule has 72 heavy (non-hydrogen) atoms. The first kappa shape index (κ1) is 49.4. The Labute approximate surface area is 425 Å². The van der Waals surface area contributed by atoms with E-state index in [0.29, 0.717) is 77.1 Å². The van der Waals surface area contributed by atoms with Crippen molar-refractivity contribution < 1.29 is 25.2 Å². The van der Waals surface area contributed by atoms with Gasteiger partial charge in [0.15, 0.2) is 5.78 Å². The van der Waals surface area contributed by atoms with Gasteiger partial charge in [-0.2, -0.15) is 0 Å². The zero-order valence-corrected chi connectivity index (χ0v) is 41.4. The van der Waals surface area contributed by atoms with Crippen LogP contribution in [0, 0.1) is 0 Å². The maximum atomic E-state index is 14.0. The van der Waals surface area contributed by atoms with E-state index in [0.717, 1.165) is 63.8 Å². The lowest BCUT2D eigenvalue weighted by Crippen LogP contribution is -2.60. The van der Waals surface area contributed by atoms with E-state index in [2.05, 4.69) is 62.3 Å². The maximum Gasteiger partial charge on any atom is 0.171 e. The van der Waals surface area contributed by atoms with Crippen molar-refractivity contribution in [3.05, 3.63) is 145 Å².